The Hall–Kier alpha value is -4.36. The second-order valence-corrected chi connectivity index (χ2v) is 11.7. The quantitative estimate of drug-likeness (QED) is 0.270. The van der Waals surface area contributed by atoms with Crippen molar-refractivity contribution < 1.29 is 50.2 Å². The fourth-order valence-electron chi connectivity index (χ4n) is 6.67. The molecule has 2 amide bonds. The molecule has 3 atom stereocenters. The minimum atomic E-state index is -4.88. The standard InChI is InChI=1S/C33H32F7N3O4/c1-2-5-27-31(47-22-10-8-21(9-11-22)32(35,36)37,30(46)42-17-13-20(19-42)28-25(34)6-3-7-26(28)44)14-4-16-43(27)29(45)23-18-41-15-12-24(23)33(38,39)40/h3,6-12,15,18,20,27,44H,2,4-5,13-14,16-17,19H2,1H3/t20?,27-,31+/m1/s1. The van der Waals surface area contributed by atoms with Gasteiger partial charge in [0.05, 0.1) is 22.7 Å². The molecule has 2 saturated heterocycles. The van der Waals surface area contributed by atoms with Gasteiger partial charge in [-0.25, -0.2) is 4.39 Å². The molecule has 14 heteroatoms. The highest BCUT2D eigenvalue weighted by Gasteiger charge is 2.56. The van der Waals surface area contributed by atoms with Crippen LogP contribution in [-0.2, 0) is 17.1 Å². The minimum Gasteiger partial charge on any atom is -0.508 e. The van der Waals surface area contributed by atoms with Crippen LogP contribution in [0.25, 0.3) is 0 Å². The van der Waals surface area contributed by atoms with Crippen LogP contribution in [0.3, 0.4) is 0 Å². The zero-order valence-corrected chi connectivity index (χ0v) is 25.2. The zero-order chi connectivity index (χ0) is 34.1. The summed E-state index contributed by atoms with van der Waals surface area (Å²) in [5.41, 5.74) is -4.77. The summed E-state index contributed by atoms with van der Waals surface area (Å²) in [5.74, 6) is -3.31. The summed E-state index contributed by atoms with van der Waals surface area (Å²) >= 11 is 0. The lowest BCUT2D eigenvalue weighted by Gasteiger charge is -2.49. The van der Waals surface area contributed by atoms with E-state index in [9.17, 15) is 45.4 Å². The molecule has 2 aliphatic rings. The topological polar surface area (TPSA) is 83.0 Å². The summed E-state index contributed by atoms with van der Waals surface area (Å²) in [5, 5.41) is 10.4. The van der Waals surface area contributed by atoms with Gasteiger partial charge in [0.1, 0.15) is 17.3 Å². The van der Waals surface area contributed by atoms with Crippen molar-refractivity contribution in [2.75, 3.05) is 19.6 Å². The maximum atomic E-state index is 14.7. The van der Waals surface area contributed by atoms with E-state index in [1.807, 2.05) is 0 Å². The molecular formula is C33H32F7N3O4. The van der Waals surface area contributed by atoms with Crippen LogP contribution >= 0.6 is 0 Å². The van der Waals surface area contributed by atoms with Crippen LogP contribution in [0.5, 0.6) is 11.5 Å². The lowest BCUT2D eigenvalue weighted by molar-refractivity contribution is -0.158. The molecule has 2 aromatic carbocycles. The van der Waals surface area contributed by atoms with Gasteiger partial charge in [0.2, 0.25) is 5.60 Å². The van der Waals surface area contributed by atoms with E-state index < -0.39 is 64.2 Å². The molecule has 1 aromatic heterocycles. The predicted octanol–water partition coefficient (Wildman–Crippen LogP) is 7.20. The molecule has 47 heavy (non-hydrogen) atoms. The smallest absolute Gasteiger partial charge is 0.417 e. The number of amides is 2. The molecule has 2 fully saturated rings. The fraction of sp³-hybridized carbons (Fsp3) is 0.424. The lowest BCUT2D eigenvalue weighted by Crippen LogP contribution is -2.67. The molecule has 3 aromatic rings. The van der Waals surface area contributed by atoms with Crippen molar-refractivity contribution in [2.45, 2.75) is 68.9 Å². The first-order valence-corrected chi connectivity index (χ1v) is 15.1. The van der Waals surface area contributed by atoms with Gasteiger partial charge >= 0.3 is 12.4 Å². The van der Waals surface area contributed by atoms with Gasteiger partial charge in [0.25, 0.3) is 11.8 Å². The molecule has 252 valence electrons. The maximum absolute atomic E-state index is 14.7. The van der Waals surface area contributed by atoms with Crippen LogP contribution < -0.4 is 4.74 Å². The highest BCUT2D eigenvalue weighted by atomic mass is 19.4. The van der Waals surface area contributed by atoms with E-state index in [1.54, 1.807) is 6.92 Å². The Morgan fingerprint density at radius 1 is 1.02 bits per heavy atom. The second kappa shape index (κ2) is 13.0. The molecule has 7 nitrogen and oxygen atoms in total. The number of pyridine rings is 1. The van der Waals surface area contributed by atoms with Crippen LogP contribution in [0.4, 0.5) is 30.7 Å². The second-order valence-electron chi connectivity index (χ2n) is 11.7. The summed E-state index contributed by atoms with van der Waals surface area (Å²) in [6, 6.07) is 7.07. The Labute approximate surface area is 266 Å². The van der Waals surface area contributed by atoms with Gasteiger partial charge in [-0.3, -0.25) is 14.6 Å². The van der Waals surface area contributed by atoms with Crippen molar-refractivity contribution in [1.82, 2.24) is 14.8 Å². The van der Waals surface area contributed by atoms with Crippen molar-refractivity contribution in [3.05, 3.63) is 89.0 Å². The van der Waals surface area contributed by atoms with Gasteiger partial charge in [0, 0.05) is 49.9 Å². The molecule has 0 radical (unpaired) electrons. The Balaban J connectivity index is 1.57. The molecule has 0 aliphatic carbocycles. The largest absolute Gasteiger partial charge is 0.508 e. The Kier molecular flexibility index (Phi) is 9.43. The third kappa shape index (κ3) is 6.72. The van der Waals surface area contributed by atoms with Gasteiger partial charge in [0.15, 0.2) is 0 Å². The summed E-state index contributed by atoms with van der Waals surface area (Å²) in [4.78, 5) is 34.9. The van der Waals surface area contributed by atoms with Crippen molar-refractivity contribution in [3.8, 4) is 11.5 Å². The molecule has 0 bridgehead atoms. The number of piperidine rings is 1. The summed E-state index contributed by atoms with van der Waals surface area (Å²) in [6.45, 7) is 1.79. The minimum absolute atomic E-state index is 0.00736. The average molecular weight is 668 g/mol. The number of ether oxygens (including phenoxy) is 1. The molecule has 3 heterocycles. The number of phenols is 1. The van der Waals surface area contributed by atoms with Gasteiger partial charge < -0.3 is 19.6 Å². The lowest BCUT2D eigenvalue weighted by atomic mass is 9.79. The number of halogens is 7. The van der Waals surface area contributed by atoms with Crippen LogP contribution in [0.15, 0.2) is 60.9 Å². The molecule has 1 unspecified atom stereocenters. The molecule has 0 saturated carbocycles. The number of aromatic nitrogens is 1. The zero-order valence-electron chi connectivity index (χ0n) is 25.2. The van der Waals surface area contributed by atoms with E-state index in [4.69, 9.17) is 4.74 Å². The van der Waals surface area contributed by atoms with Crippen LogP contribution in [0, 0.1) is 5.82 Å². The molecule has 0 spiro atoms. The van der Waals surface area contributed by atoms with E-state index in [0.29, 0.717) is 12.5 Å². The van der Waals surface area contributed by atoms with Crippen molar-refractivity contribution in [3.63, 3.8) is 0 Å². The number of benzene rings is 2. The molecule has 5 rings (SSSR count). The number of aromatic hydroxyl groups is 1. The molecule has 1 N–H and O–H groups in total. The van der Waals surface area contributed by atoms with Crippen LogP contribution in [-0.4, -0.2) is 63.0 Å². The van der Waals surface area contributed by atoms with Crippen molar-refractivity contribution in [1.29, 1.82) is 0 Å². The summed E-state index contributed by atoms with van der Waals surface area (Å²) in [7, 11) is 0. The number of alkyl halides is 6. The van der Waals surface area contributed by atoms with E-state index in [0.717, 1.165) is 41.6 Å². The van der Waals surface area contributed by atoms with E-state index >= 15 is 0 Å². The fourth-order valence-corrected chi connectivity index (χ4v) is 6.67. The number of rotatable bonds is 7. The first kappa shape index (κ1) is 34.0. The van der Waals surface area contributed by atoms with E-state index in [-0.39, 0.29) is 62.4 Å². The SMILES string of the molecule is CCC[C@H]1N(C(=O)c2cnccc2C(F)(F)F)CCC[C@@]1(Oc1ccc(C(F)(F)F)cc1)C(=O)N1CCC(c2c(O)cccc2F)C1. The highest BCUT2D eigenvalue weighted by Crippen LogP contribution is 2.42. The van der Waals surface area contributed by atoms with Gasteiger partial charge in [-0.05, 0) is 61.7 Å². The van der Waals surface area contributed by atoms with Gasteiger partial charge in [-0.2, -0.15) is 26.3 Å². The van der Waals surface area contributed by atoms with Gasteiger partial charge in [-0.1, -0.05) is 19.4 Å². The number of nitrogens with zero attached hydrogens (tertiary/aromatic N) is 3. The van der Waals surface area contributed by atoms with Crippen LogP contribution in [0.2, 0.25) is 0 Å². The van der Waals surface area contributed by atoms with Gasteiger partial charge in [-0.15, -0.1) is 0 Å². The third-order valence-corrected chi connectivity index (χ3v) is 8.80. The third-order valence-electron chi connectivity index (χ3n) is 8.80. The first-order chi connectivity index (χ1) is 22.2. The number of likely N-dealkylation sites (tertiary alicyclic amines) is 2. The number of hydrogen-bond acceptors (Lipinski definition) is 5. The number of phenolic OH excluding ortho intramolecular Hbond substituents is 1. The Bertz CT molecular complexity index is 1590. The van der Waals surface area contributed by atoms with Crippen molar-refractivity contribution in [2.24, 2.45) is 0 Å². The number of carbonyl (C=O) groups is 2. The summed E-state index contributed by atoms with van der Waals surface area (Å²) in [6.07, 6.45) is -6.95. The van der Waals surface area contributed by atoms with E-state index in [2.05, 4.69) is 4.98 Å². The Morgan fingerprint density at radius 2 is 1.74 bits per heavy atom. The Morgan fingerprint density at radius 3 is 2.38 bits per heavy atom. The maximum Gasteiger partial charge on any atom is 0.417 e. The number of hydrogen-bond donors (Lipinski definition) is 1. The highest BCUT2D eigenvalue weighted by molar-refractivity contribution is 5.97. The van der Waals surface area contributed by atoms with Crippen LogP contribution in [0.1, 0.15) is 72.0 Å². The number of carbonyl (C=O) groups excluding carboxylic acids is 2. The monoisotopic (exact) mass is 667 g/mol. The van der Waals surface area contributed by atoms with E-state index in [1.165, 1.54) is 23.1 Å². The molecular weight excluding hydrogens is 635 g/mol. The normalized spacial score (nSPS) is 22.0. The summed E-state index contributed by atoms with van der Waals surface area (Å²) < 4.78 is 103. The average Bonchev–Trinajstić information content (AvgIpc) is 3.50. The van der Waals surface area contributed by atoms with Crippen molar-refractivity contribution >= 4 is 11.8 Å². The molecule has 2 aliphatic heterocycles. The predicted molar refractivity (Wildman–Crippen MR) is 155 cm³/mol. The first-order valence-electron chi connectivity index (χ1n) is 15.1.